The largest absolute Gasteiger partial charge is 0.480 e. The maximum atomic E-state index is 12.2. The molecule has 2 atom stereocenters. The van der Waals surface area contributed by atoms with Crippen LogP contribution in [-0.4, -0.2) is 65.8 Å². The lowest BCUT2D eigenvalue weighted by atomic mass is 10.2. The Kier molecular flexibility index (Phi) is 5.40. The van der Waals surface area contributed by atoms with Crippen LogP contribution in [0.2, 0.25) is 0 Å². The Labute approximate surface area is 107 Å². The van der Waals surface area contributed by atoms with Gasteiger partial charge in [0.1, 0.15) is 6.04 Å². The highest BCUT2D eigenvalue weighted by Gasteiger charge is 2.29. The van der Waals surface area contributed by atoms with E-state index in [2.05, 4.69) is 0 Å². The van der Waals surface area contributed by atoms with Crippen LogP contribution in [0.5, 0.6) is 0 Å². The molecule has 1 aliphatic heterocycles. The Bertz CT molecular complexity index is 308. The molecule has 1 fully saturated rings. The average Bonchev–Trinajstić information content (AvgIpc) is 2.53. The number of carbonyl (C=O) groups is 2. The van der Waals surface area contributed by atoms with E-state index in [-0.39, 0.29) is 12.1 Å². The molecule has 1 saturated heterocycles. The van der Waals surface area contributed by atoms with E-state index in [1.807, 2.05) is 6.92 Å². The number of aliphatic carboxylic acids is 1. The number of likely N-dealkylation sites (N-methyl/N-ethyl adjacent to an activating group) is 1. The molecule has 0 saturated carbocycles. The fourth-order valence-electron chi connectivity index (χ4n) is 2.14. The zero-order chi connectivity index (χ0) is 13.7. The monoisotopic (exact) mass is 258 g/mol. The molecule has 6 heteroatoms. The van der Waals surface area contributed by atoms with E-state index in [1.54, 1.807) is 18.9 Å². The van der Waals surface area contributed by atoms with Gasteiger partial charge in [0, 0.05) is 26.7 Å². The number of carboxylic acids is 1. The topological polar surface area (TPSA) is 70.1 Å². The highest BCUT2D eigenvalue weighted by molar-refractivity contribution is 5.82. The molecule has 1 heterocycles. The summed E-state index contributed by atoms with van der Waals surface area (Å²) in [4.78, 5) is 26.3. The third kappa shape index (κ3) is 3.60. The minimum Gasteiger partial charge on any atom is -0.480 e. The zero-order valence-electron chi connectivity index (χ0n) is 11.3. The number of hydrogen-bond donors (Lipinski definition) is 1. The van der Waals surface area contributed by atoms with Gasteiger partial charge < -0.3 is 19.6 Å². The van der Waals surface area contributed by atoms with Crippen molar-refractivity contribution in [1.29, 1.82) is 0 Å². The predicted molar refractivity (Wildman–Crippen MR) is 66.5 cm³/mol. The Balaban J connectivity index is 2.69. The summed E-state index contributed by atoms with van der Waals surface area (Å²) in [6, 6.07) is -1.00. The quantitative estimate of drug-likeness (QED) is 0.820. The van der Waals surface area contributed by atoms with Crippen molar-refractivity contribution in [2.75, 3.05) is 26.7 Å². The molecule has 0 aromatic carbocycles. The summed E-state index contributed by atoms with van der Waals surface area (Å²) in [5.74, 6) is -0.965. The van der Waals surface area contributed by atoms with Crippen molar-refractivity contribution in [1.82, 2.24) is 9.80 Å². The van der Waals surface area contributed by atoms with Crippen molar-refractivity contribution in [3.63, 3.8) is 0 Å². The molecule has 1 aliphatic rings. The van der Waals surface area contributed by atoms with Gasteiger partial charge in [0.2, 0.25) is 0 Å². The predicted octanol–water partition coefficient (Wildman–Crippen LogP) is 1.01. The van der Waals surface area contributed by atoms with Gasteiger partial charge in [-0.15, -0.1) is 0 Å². The van der Waals surface area contributed by atoms with Crippen LogP contribution in [0.25, 0.3) is 0 Å². The summed E-state index contributed by atoms with van der Waals surface area (Å²) in [6.07, 6.45) is 1.18. The maximum Gasteiger partial charge on any atom is 0.326 e. The number of carboxylic acid groups (broad SMARTS) is 1. The molecule has 0 aromatic heterocycles. The van der Waals surface area contributed by atoms with Crippen molar-refractivity contribution in [3.05, 3.63) is 0 Å². The van der Waals surface area contributed by atoms with E-state index < -0.39 is 12.0 Å². The first kappa shape index (κ1) is 14.8. The van der Waals surface area contributed by atoms with Gasteiger partial charge in [0.05, 0.1) is 6.10 Å². The van der Waals surface area contributed by atoms with E-state index in [1.165, 1.54) is 4.90 Å². The van der Waals surface area contributed by atoms with Crippen molar-refractivity contribution in [2.24, 2.45) is 0 Å². The molecule has 2 unspecified atom stereocenters. The molecule has 0 aromatic rings. The summed E-state index contributed by atoms with van der Waals surface area (Å²) in [6.45, 7) is 5.45. The van der Waals surface area contributed by atoms with Gasteiger partial charge in [-0.05, 0) is 19.8 Å². The molecule has 0 radical (unpaired) electrons. The van der Waals surface area contributed by atoms with Crippen molar-refractivity contribution in [3.8, 4) is 0 Å². The number of carbonyl (C=O) groups excluding carboxylic acids is 1. The fourth-order valence-corrected chi connectivity index (χ4v) is 2.14. The Hall–Kier alpha value is -1.30. The summed E-state index contributed by atoms with van der Waals surface area (Å²) in [7, 11) is 1.54. The summed E-state index contributed by atoms with van der Waals surface area (Å²) >= 11 is 0. The number of urea groups is 1. The van der Waals surface area contributed by atoms with Gasteiger partial charge in [-0.25, -0.2) is 9.59 Å². The van der Waals surface area contributed by atoms with Crippen LogP contribution in [0.1, 0.15) is 26.7 Å². The second-order valence-electron chi connectivity index (χ2n) is 4.64. The molecule has 0 bridgehead atoms. The zero-order valence-corrected chi connectivity index (χ0v) is 11.3. The van der Waals surface area contributed by atoms with Gasteiger partial charge in [0.25, 0.3) is 0 Å². The van der Waals surface area contributed by atoms with Crippen molar-refractivity contribution >= 4 is 12.0 Å². The smallest absolute Gasteiger partial charge is 0.326 e. The molecule has 1 rings (SSSR count). The first-order valence-electron chi connectivity index (χ1n) is 6.33. The first-order valence-corrected chi connectivity index (χ1v) is 6.33. The van der Waals surface area contributed by atoms with E-state index in [4.69, 9.17) is 9.84 Å². The Morgan fingerprint density at radius 3 is 2.78 bits per heavy atom. The van der Waals surface area contributed by atoms with Crippen LogP contribution >= 0.6 is 0 Å². The highest BCUT2D eigenvalue weighted by atomic mass is 16.5. The van der Waals surface area contributed by atoms with Gasteiger partial charge in [-0.2, -0.15) is 0 Å². The SMILES string of the molecule is CCC(C(=O)O)N(C)C(=O)N1CCCOC(C)C1. The second-order valence-corrected chi connectivity index (χ2v) is 4.64. The molecule has 1 N–H and O–H groups in total. The molecule has 0 aliphatic carbocycles. The highest BCUT2D eigenvalue weighted by Crippen LogP contribution is 2.11. The molecule has 104 valence electrons. The third-order valence-electron chi connectivity index (χ3n) is 3.16. The van der Waals surface area contributed by atoms with Gasteiger partial charge in [0.15, 0.2) is 0 Å². The molecular formula is C12H22N2O4. The molecule has 0 spiro atoms. The average molecular weight is 258 g/mol. The lowest BCUT2D eigenvalue weighted by Crippen LogP contribution is -2.50. The molecular weight excluding hydrogens is 236 g/mol. The van der Waals surface area contributed by atoms with E-state index in [9.17, 15) is 9.59 Å². The van der Waals surface area contributed by atoms with Gasteiger partial charge in [-0.3, -0.25) is 0 Å². The summed E-state index contributed by atoms with van der Waals surface area (Å²) < 4.78 is 5.47. The van der Waals surface area contributed by atoms with Crippen molar-refractivity contribution < 1.29 is 19.4 Å². The van der Waals surface area contributed by atoms with E-state index in [0.717, 1.165) is 6.42 Å². The number of ether oxygens (including phenoxy) is 1. The van der Waals surface area contributed by atoms with Gasteiger partial charge in [-0.1, -0.05) is 6.92 Å². The van der Waals surface area contributed by atoms with Crippen LogP contribution < -0.4 is 0 Å². The third-order valence-corrected chi connectivity index (χ3v) is 3.16. The Morgan fingerprint density at radius 1 is 1.56 bits per heavy atom. The van der Waals surface area contributed by atoms with Crippen molar-refractivity contribution in [2.45, 2.75) is 38.8 Å². The van der Waals surface area contributed by atoms with E-state index >= 15 is 0 Å². The second kappa shape index (κ2) is 6.58. The van der Waals surface area contributed by atoms with Crippen LogP contribution in [-0.2, 0) is 9.53 Å². The standard InChI is InChI=1S/C12H22N2O4/c1-4-10(11(15)16)13(3)12(17)14-6-5-7-18-9(2)8-14/h9-10H,4-8H2,1-3H3,(H,15,16). The van der Waals surface area contributed by atoms with Crippen LogP contribution in [0.15, 0.2) is 0 Å². The van der Waals surface area contributed by atoms with Crippen LogP contribution in [0, 0.1) is 0 Å². The van der Waals surface area contributed by atoms with E-state index in [0.29, 0.717) is 26.1 Å². The minimum atomic E-state index is -0.965. The molecule has 2 amide bonds. The lowest BCUT2D eigenvalue weighted by molar-refractivity contribution is -0.142. The molecule has 6 nitrogen and oxygen atoms in total. The molecule has 18 heavy (non-hydrogen) atoms. The van der Waals surface area contributed by atoms with Gasteiger partial charge >= 0.3 is 12.0 Å². The lowest BCUT2D eigenvalue weighted by Gasteiger charge is -2.31. The Morgan fingerprint density at radius 2 is 2.22 bits per heavy atom. The fraction of sp³-hybridized carbons (Fsp3) is 0.833. The van der Waals surface area contributed by atoms with Crippen LogP contribution in [0.4, 0.5) is 4.79 Å². The first-order chi connectivity index (χ1) is 8.47. The number of rotatable bonds is 3. The summed E-state index contributed by atoms with van der Waals surface area (Å²) in [5.41, 5.74) is 0. The minimum absolute atomic E-state index is 0.00486. The maximum absolute atomic E-state index is 12.2. The number of nitrogens with zero attached hydrogens (tertiary/aromatic N) is 2. The number of amides is 2. The number of hydrogen-bond acceptors (Lipinski definition) is 3. The summed E-state index contributed by atoms with van der Waals surface area (Å²) in [5, 5.41) is 9.06. The normalized spacial score (nSPS) is 22.2. The van der Waals surface area contributed by atoms with Crippen LogP contribution in [0.3, 0.4) is 0 Å².